The van der Waals surface area contributed by atoms with Crippen molar-refractivity contribution in [1.29, 1.82) is 0 Å². The molecule has 6 heteroatoms. The summed E-state index contributed by atoms with van der Waals surface area (Å²) in [6, 6.07) is 3.85. The van der Waals surface area contributed by atoms with Crippen LogP contribution < -0.4 is 16.0 Å². The molecule has 0 aromatic carbocycles. The van der Waals surface area contributed by atoms with E-state index < -0.39 is 0 Å². The van der Waals surface area contributed by atoms with E-state index in [0.29, 0.717) is 30.4 Å². The molecule has 2 rings (SSSR count). The molecule has 21 heavy (non-hydrogen) atoms. The Morgan fingerprint density at radius 2 is 2.10 bits per heavy atom. The van der Waals surface area contributed by atoms with Crippen LogP contribution in [0.15, 0.2) is 12.1 Å². The van der Waals surface area contributed by atoms with Crippen LogP contribution in [0.2, 0.25) is 0 Å². The Bertz CT molecular complexity index is 504. The molecule has 1 aliphatic carbocycles. The lowest BCUT2D eigenvalue weighted by molar-refractivity contribution is -0.121. The monoisotopic (exact) mass is 290 g/mol. The lowest BCUT2D eigenvalue weighted by Crippen LogP contribution is -2.31. The molecule has 0 radical (unpaired) electrons. The largest absolute Gasteiger partial charge is 0.373 e. The average Bonchev–Trinajstić information content (AvgIpc) is 3.30. The molecule has 2 amide bonds. The van der Waals surface area contributed by atoms with E-state index in [1.165, 1.54) is 0 Å². The SMILES string of the molecule is CCc1cc(C(=O)NCCC(=O)NC2CC2)cc(NC)n1. The van der Waals surface area contributed by atoms with Crippen LogP contribution in [-0.2, 0) is 11.2 Å². The van der Waals surface area contributed by atoms with Crippen LogP contribution in [0.1, 0.15) is 42.2 Å². The highest BCUT2D eigenvalue weighted by Gasteiger charge is 2.22. The number of nitrogens with zero attached hydrogens (tertiary/aromatic N) is 1. The molecular weight excluding hydrogens is 268 g/mol. The van der Waals surface area contributed by atoms with E-state index in [1.807, 2.05) is 6.92 Å². The molecule has 1 saturated carbocycles. The molecule has 1 aromatic rings. The van der Waals surface area contributed by atoms with Gasteiger partial charge in [0, 0.05) is 37.3 Å². The minimum atomic E-state index is -0.178. The van der Waals surface area contributed by atoms with Crippen molar-refractivity contribution in [3.63, 3.8) is 0 Å². The van der Waals surface area contributed by atoms with Gasteiger partial charge in [0.25, 0.3) is 5.91 Å². The van der Waals surface area contributed by atoms with Gasteiger partial charge in [0.15, 0.2) is 0 Å². The summed E-state index contributed by atoms with van der Waals surface area (Å²) in [7, 11) is 1.77. The Balaban J connectivity index is 1.85. The molecule has 0 unspecified atom stereocenters. The van der Waals surface area contributed by atoms with Crippen molar-refractivity contribution in [1.82, 2.24) is 15.6 Å². The maximum Gasteiger partial charge on any atom is 0.251 e. The molecule has 1 aromatic heterocycles. The highest BCUT2D eigenvalue weighted by molar-refractivity contribution is 5.95. The summed E-state index contributed by atoms with van der Waals surface area (Å²) < 4.78 is 0. The molecule has 6 nitrogen and oxygen atoms in total. The number of pyridine rings is 1. The number of anilines is 1. The zero-order valence-corrected chi connectivity index (χ0v) is 12.5. The van der Waals surface area contributed by atoms with Gasteiger partial charge in [0.05, 0.1) is 0 Å². The number of aromatic nitrogens is 1. The standard InChI is InChI=1S/C15H22N4O2/c1-3-11-8-10(9-13(16-2)18-11)15(21)17-7-6-14(20)19-12-4-5-12/h8-9,12H,3-7H2,1-2H3,(H,16,18)(H,17,21)(H,19,20). The third kappa shape index (κ3) is 4.73. The predicted octanol–water partition coefficient (Wildman–Crippen LogP) is 1.08. The van der Waals surface area contributed by atoms with Gasteiger partial charge in [-0.05, 0) is 31.4 Å². The van der Waals surface area contributed by atoms with E-state index in [0.717, 1.165) is 25.0 Å². The summed E-state index contributed by atoms with van der Waals surface area (Å²) in [5, 5.41) is 8.61. The van der Waals surface area contributed by atoms with Crippen LogP contribution in [0.4, 0.5) is 5.82 Å². The first-order valence-electron chi connectivity index (χ1n) is 7.38. The van der Waals surface area contributed by atoms with Gasteiger partial charge in [-0.1, -0.05) is 6.92 Å². The molecule has 0 atom stereocenters. The summed E-state index contributed by atoms with van der Waals surface area (Å²) in [5.74, 6) is 0.492. The Morgan fingerprint density at radius 1 is 1.33 bits per heavy atom. The number of aryl methyl sites for hydroxylation is 1. The van der Waals surface area contributed by atoms with Gasteiger partial charge in [0.2, 0.25) is 5.91 Å². The van der Waals surface area contributed by atoms with Gasteiger partial charge in [-0.3, -0.25) is 9.59 Å². The highest BCUT2D eigenvalue weighted by Crippen LogP contribution is 2.18. The van der Waals surface area contributed by atoms with E-state index in [2.05, 4.69) is 20.9 Å². The molecule has 0 aliphatic heterocycles. The number of nitrogens with one attached hydrogen (secondary N) is 3. The van der Waals surface area contributed by atoms with E-state index in [4.69, 9.17) is 0 Å². The molecule has 1 fully saturated rings. The van der Waals surface area contributed by atoms with Crippen molar-refractivity contribution in [2.45, 2.75) is 38.6 Å². The normalized spacial score (nSPS) is 13.6. The van der Waals surface area contributed by atoms with Gasteiger partial charge >= 0.3 is 0 Å². The topological polar surface area (TPSA) is 83.1 Å². The zero-order chi connectivity index (χ0) is 15.2. The predicted molar refractivity (Wildman–Crippen MR) is 81.3 cm³/mol. The van der Waals surface area contributed by atoms with Crippen LogP contribution in [0, 0.1) is 0 Å². The number of carbonyl (C=O) groups is 2. The van der Waals surface area contributed by atoms with Gasteiger partial charge in [0.1, 0.15) is 5.82 Å². The highest BCUT2D eigenvalue weighted by atomic mass is 16.2. The third-order valence-corrected chi connectivity index (χ3v) is 3.34. The Hall–Kier alpha value is -2.11. The molecule has 0 saturated heterocycles. The van der Waals surface area contributed by atoms with Crippen molar-refractivity contribution < 1.29 is 9.59 Å². The van der Waals surface area contributed by atoms with Crippen molar-refractivity contribution in [3.8, 4) is 0 Å². The first-order valence-corrected chi connectivity index (χ1v) is 7.38. The second-order valence-corrected chi connectivity index (χ2v) is 5.18. The quantitative estimate of drug-likeness (QED) is 0.702. The fourth-order valence-corrected chi connectivity index (χ4v) is 1.95. The van der Waals surface area contributed by atoms with Crippen molar-refractivity contribution in [2.24, 2.45) is 0 Å². The van der Waals surface area contributed by atoms with Crippen molar-refractivity contribution in [2.75, 3.05) is 18.9 Å². The Kier molecular flexibility index (Phi) is 5.14. The lowest BCUT2D eigenvalue weighted by Gasteiger charge is -2.09. The molecule has 114 valence electrons. The van der Waals surface area contributed by atoms with Crippen molar-refractivity contribution in [3.05, 3.63) is 23.4 Å². The number of rotatable bonds is 7. The summed E-state index contributed by atoms with van der Waals surface area (Å²) in [4.78, 5) is 28.0. The van der Waals surface area contributed by atoms with Crippen LogP contribution in [-0.4, -0.2) is 36.4 Å². The van der Waals surface area contributed by atoms with Gasteiger partial charge in [-0.2, -0.15) is 0 Å². The molecule has 0 spiro atoms. The third-order valence-electron chi connectivity index (χ3n) is 3.34. The summed E-state index contributed by atoms with van der Waals surface area (Å²) >= 11 is 0. The zero-order valence-electron chi connectivity index (χ0n) is 12.5. The molecule has 0 bridgehead atoms. The number of amides is 2. The Morgan fingerprint density at radius 3 is 2.71 bits per heavy atom. The summed E-state index contributed by atoms with van der Waals surface area (Å²) in [6.07, 6.45) is 3.22. The summed E-state index contributed by atoms with van der Waals surface area (Å²) in [5.41, 5.74) is 1.42. The maximum atomic E-state index is 12.1. The van der Waals surface area contributed by atoms with Crippen LogP contribution >= 0.6 is 0 Å². The van der Waals surface area contributed by atoms with Gasteiger partial charge in [-0.15, -0.1) is 0 Å². The van der Waals surface area contributed by atoms with E-state index >= 15 is 0 Å². The molecule has 1 heterocycles. The first-order chi connectivity index (χ1) is 10.1. The average molecular weight is 290 g/mol. The second-order valence-electron chi connectivity index (χ2n) is 5.18. The fraction of sp³-hybridized carbons (Fsp3) is 0.533. The number of carbonyl (C=O) groups excluding carboxylic acids is 2. The smallest absolute Gasteiger partial charge is 0.251 e. The van der Waals surface area contributed by atoms with Gasteiger partial charge < -0.3 is 16.0 Å². The number of hydrogen-bond donors (Lipinski definition) is 3. The minimum absolute atomic E-state index is 0.00214. The minimum Gasteiger partial charge on any atom is -0.373 e. The molecule has 1 aliphatic rings. The van der Waals surface area contributed by atoms with E-state index in [-0.39, 0.29) is 11.8 Å². The summed E-state index contributed by atoms with van der Waals surface area (Å²) in [6.45, 7) is 2.34. The molecule has 3 N–H and O–H groups in total. The van der Waals surface area contributed by atoms with E-state index in [1.54, 1.807) is 19.2 Å². The van der Waals surface area contributed by atoms with Crippen LogP contribution in [0.5, 0.6) is 0 Å². The second kappa shape index (κ2) is 7.06. The van der Waals surface area contributed by atoms with Crippen LogP contribution in [0.3, 0.4) is 0 Å². The lowest BCUT2D eigenvalue weighted by atomic mass is 10.2. The fourth-order valence-electron chi connectivity index (χ4n) is 1.95. The Labute approximate surface area is 124 Å². The van der Waals surface area contributed by atoms with Crippen molar-refractivity contribution >= 4 is 17.6 Å². The maximum absolute atomic E-state index is 12.1. The number of hydrogen-bond acceptors (Lipinski definition) is 4. The van der Waals surface area contributed by atoms with Gasteiger partial charge in [-0.25, -0.2) is 4.98 Å². The first kappa shape index (κ1) is 15.3. The van der Waals surface area contributed by atoms with E-state index in [9.17, 15) is 9.59 Å². The van der Waals surface area contributed by atoms with Crippen LogP contribution in [0.25, 0.3) is 0 Å². The molecular formula is C15H22N4O2.